The predicted octanol–water partition coefficient (Wildman–Crippen LogP) is 1.80. The van der Waals surface area contributed by atoms with E-state index in [4.69, 9.17) is 21.6 Å². The van der Waals surface area contributed by atoms with Crippen LogP contribution in [0.2, 0.25) is 5.02 Å². The highest BCUT2D eigenvalue weighted by Crippen LogP contribution is 2.35. The van der Waals surface area contributed by atoms with E-state index in [9.17, 15) is 13.2 Å². The summed E-state index contributed by atoms with van der Waals surface area (Å²) in [5.41, 5.74) is -1.39. The van der Waals surface area contributed by atoms with Crippen LogP contribution in [-0.2, 0) is 6.18 Å². The molecule has 1 aromatic rings. The van der Waals surface area contributed by atoms with Crippen molar-refractivity contribution in [2.45, 2.75) is 6.18 Å². The Morgan fingerprint density at radius 1 is 1.27 bits per heavy atom. The molecule has 0 fully saturated rings. The van der Waals surface area contributed by atoms with Crippen LogP contribution in [0.5, 0.6) is 0 Å². The third-order valence-corrected chi connectivity index (χ3v) is 2.65. The molecule has 0 saturated heterocycles. The van der Waals surface area contributed by atoms with Gasteiger partial charge < -0.3 is 10.0 Å². The molecular formula is C7H4BBrClF3O2. The molecular weight excluding hydrogens is 299 g/mol. The molecule has 0 aromatic heterocycles. The molecule has 0 aliphatic rings. The smallest absolute Gasteiger partial charge is 0.423 e. The van der Waals surface area contributed by atoms with Crippen molar-refractivity contribution >= 4 is 40.1 Å². The second-order valence-corrected chi connectivity index (χ2v) is 3.99. The number of rotatable bonds is 1. The van der Waals surface area contributed by atoms with Gasteiger partial charge in [-0.15, -0.1) is 0 Å². The maximum Gasteiger partial charge on any atom is 0.489 e. The van der Waals surface area contributed by atoms with E-state index in [0.29, 0.717) is 6.07 Å². The van der Waals surface area contributed by atoms with E-state index in [1.54, 1.807) is 0 Å². The highest BCUT2D eigenvalue weighted by atomic mass is 79.9. The Hall–Kier alpha value is -0.235. The highest BCUT2D eigenvalue weighted by molar-refractivity contribution is 9.10. The van der Waals surface area contributed by atoms with Gasteiger partial charge in [0.05, 0.1) is 5.56 Å². The van der Waals surface area contributed by atoms with Gasteiger partial charge in [-0.1, -0.05) is 27.5 Å². The molecule has 0 spiro atoms. The standard InChI is InChI=1S/C7H4BBrClF3O2/c9-5-2-6(10)4(8(14)15)1-3(5)7(11,12)13/h1-2,14-15H. The number of hydrogen-bond acceptors (Lipinski definition) is 2. The van der Waals surface area contributed by atoms with Crippen LogP contribution in [0.3, 0.4) is 0 Å². The quantitative estimate of drug-likeness (QED) is 0.777. The van der Waals surface area contributed by atoms with E-state index < -0.39 is 18.9 Å². The zero-order valence-electron chi connectivity index (χ0n) is 7.02. The van der Waals surface area contributed by atoms with Crippen molar-refractivity contribution in [3.05, 3.63) is 27.2 Å². The molecule has 0 aliphatic carbocycles. The summed E-state index contributed by atoms with van der Waals surface area (Å²) in [6.07, 6.45) is -4.58. The average molecular weight is 303 g/mol. The third-order valence-electron chi connectivity index (χ3n) is 1.67. The Kier molecular flexibility index (Phi) is 3.70. The molecule has 0 amide bonds. The molecule has 0 bridgehead atoms. The lowest BCUT2D eigenvalue weighted by molar-refractivity contribution is -0.138. The van der Waals surface area contributed by atoms with Crippen LogP contribution < -0.4 is 5.46 Å². The monoisotopic (exact) mass is 302 g/mol. The van der Waals surface area contributed by atoms with Gasteiger partial charge in [0.15, 0.2) is 0 Å². The second kappa shape index (κ2) is 4.33. The second-order valence-electron chi connectivity index (χ2n) is 2.72. The van der Waals surface area contributed by atoms with Gasteiger partial charge in [-0.2, -0.15) is 13.2 Å². The Morgan fingerprint density at radius 2 is 1.80 bits per heavy atom. The van der Waals surface area contributed by atoms with Gasteiger partial charge in [-0.05, 0) is 12.1 Å². The molecule has 15 heavy (non-hydrogen) atoms. The van der Waals surface area contributed by atoms with E-state index in [-0.39, 0.29) is 15.0 Å². The number of benzene rings is 1. The Morgan fingerprint density at radius 3 is 2.20 bits per heavy atom. The minimum Gasteiger partial charge on any atom is -0.423 e. The van der Waals surface area contributed by atoms with Gasteiger partial charge in [-0.25, -0.2) is 0 Å². The van der Waals surface area contributed by atoms with Crippen molar-refractivity contribution < 1.29 is 23.2 Å². The fourth-order valence-electron chi connectivity index (χ4n) is 0.981. The Balaban J connectivity index is 3.37. The number of hydrogen-bond donors (Lipinski definition) is 2. The fraction of sp³-hybridized carbons (Fsp3) is 0.143. The van der Waals surface area contributed by atoms with E-state index >= 15 is 0 Å². The topological polar surface area (TPSA) is 40.5 Å². The lowest BCUT2D eigenvalue weighted by atomic mass is 9.79. The molecule has 82 valence electrons. The first-order valence-electron chi connectivity index (χ1n) is 3.65. The maximum absolute atomic E-state index is 12.4. The maximum atomic E-state index is 12.4. The summed E-state index contributed by atoms with van der Waals surface area (Å²) in [7, 11) is -2.04. The van der Waals surface area contributed by atoms with E-state index in [2.05, 4.69) is 15.9 Å². The van der Waals surface area contributed by atoms with Crippen LogP contribution in [0.1, 0.15) is 5.56 Å². The number of alkyl halides is 3. The third kappa shape index (κ3) is 2.87. The molecule has 1 rings (SSSR count). The predicted molar refractivity (Wildman–Crippen MR) is 54.0 cm³/mol. The minimum absolute atomic E-state index is 0.148. The van der Waals surface area contributed by atoms with E-state index in [1.807, 2.05) is 0 Å². The molecule has 0 saturated carbocycles. The van der Waals surface area contributed by atoms with Gasteiger partial charge in [0, 0.05) is 15.0 Å². The molecule has 0 heterocycles. The van der Waals surface area contributed by atoms with Gasteiger partial charge >= 0.3 is 13.3 Å². The summed E-state index contributed by atoms with van der Waals surface area (Å²) in [4.78, 5) is 0. The van der Waals surface area contributed by atoms with Gasteiger partial charge in [0.2, 0.25) is 0 Å². The molecule has 1 aromatic carbocycles. The normalized spacial score (nSPS) is 11.7. The van der Waals surface area contributed by atoms with Crippen LogP contribution in [-0.4, -0.2) is 17.2 Å². The van der Waals surface area contributed by atoms with Crippen LogP contribution >= 0.6 is 27.5 Å². The van der Waals surface area contributed by atoms with Crippen molar-refractivity contribution in [2.24, 2.45) is 0 Å². The summed E-state index contributed by atoms with van der Waals surface area (Å²) in [6.45, 7) is 0. The van der Waals surface area contributed by atoms with E-state index in [1.165, 1.54) is 0 Å². The molecule has 2 nitrogen and oxygen atoms in total. The average Bonchev–Trinajstić information content (AvgIpc) is 2.00. The van der Waals surface area contributed by atoms with Crippen LogP contribution in [0.15, 0.2) is 16.6 Å². The van der Waals surface area contributed by atoms with Crippen LogP contribution in [0.4, 0.5) is 13.2 Å². The molecule has 8 heteroatoms. The van der Waals surface area contributed by atoms with Crippen molar-refractivity contribution in [2.75, 3.05) is 0 Å². The summed E-state index contributed by atoms with van der Waals surface area (Å²) in [6, 6.07) is 1.57. The molecule has 0 aliphatic heterocycles. The van der Waals surface area contributed by atoms with E-state index in [0.717, 1.165) is 6.07 Å². The molecule has 0 unspecified atom stereocenters. The first-order valence-corrected chi connectivity index (χ1v) is 4.83. The van der Waals surface area contributed by atoms with Crippen molar-refractivity contribution in [1.82, 2.24) is 0 Å². The first kappa shape index (κ1) is 12.8. The lowest BCUT2D eigenvalue weighted by Crippen LogP contribution is -2.32. The highest BCUT2D eigenvalue weighted by Gasteiger charge is 2.34. The van der Waals surface area contributed by atoms with Crippen molar-refractivity contribution in [3.63, 3.8) is 0 Å². The van der Waals surface area contributed by atoms with Crippen LogP contribution in [0.25, 0.3) is 0 Å². The van der Waals surface area contributed by atoms with Crippen molar-refractivity contribution in [3.8, 4) is 0 Å². The lowest BCUT2D eigenvalue weighted by Gasteiger charge is -2.12. The largest absolute Gasteiger partial charge is 0.489 e. The molecule has 0 radical (unpaired) electrons. The Bertz CT molecular complexity index is 383. The summed E-state index contributed by atoms with van der Waals surface area (Å²) in [5, 5.41) is 17.4. The summed E-state index contributed by atoms with van der Waals surface area (Å²) < 4.78 is 36.9. The minimum atomic E-state index is -4.58. The molecule has 2 N–H and O–H groups in total. The van der Waals surface area contributed by atoms with Gasteiger partial charge in [0.1, 0.15) is 0 Å². The SMILES string of the molecule is OB(O)c1cc(C(F)(F)F)c(Br)cc1Cl. The fourth-order valence-corrected chi connectivity index (χ4v) is 1.94. The molecule has 0 atom stereocenters. The van der Waals surface area contributed by atoms with Gasteiger partial charge in [-0.3, -0.25) is 0 Å². The summed E-state index contributed by atoms with van der Waals surface area (Å²) in [5.74, 6) is 0. The van der Waals surface area contributed by atoms with Gasteiger partial charge in [0.25, 0.3) is 0 Å². The zero-order valence-corrected chi connectivity index (χ0v) is 9.36. The Labute approximate surface area is 96.9 Å². The zero-order chi connectivity index (χ0) is 11.8. The van der Waals surface area contributed by atoms with Crippen LogP contribution in [0, 0.1) is 0 Å². The number of halogens is 5. The summed E-state index contributed by atoms with van der Waals surface area (Å²) >= 11 is 8.23. The van der Waals surface area contributed by atoms with Crippen molar-refractivity contribution in [1.29, 1.82) is 0 Å². The first-order chi connectivity index (χ1) is 6.73.